The standard InChI is InChI=1S/C21H28N4O/c26-20-24-18-7-3-2-6-17(18)19-23-16(14-25(19)20)12-15-8-11-21(22-13-15)9-4-1-5-10-21/h2-3,6-7,15-16,22-23H,1,4-5,8-14H2. The van der Waals surface area contributed by atoms with Gasteiger partial charge in [-0.2, -0.15) is 4.98 Å². The molecule has 2 aromatic rings. The normalized spacial score (nSPS) is 27.4. The van der Waals surface area contributed by atoms with E-state index < -0.39 is 0 Å². The van der Waals surface area contributed by atoms with Gasteiger partial charge in [0.1, 0.15) is 5.82 Å². The lowest BCUT2D eigenvalue weighted by molar-refractivity contribution is 0.147. The summed E-state index contributed by atoms with van der Waals surface area (Å²) in [5, 5.41) is 8.60. The number of benzene rings is 1. The lowest BCUT2D eigenvalue weighted by Gasteiger charge is -2.44. The molecule has 5 rings (SSSR count). The Morgan fingerprint density at radius 3 is 2.81 bits per heavy atom. The molecule has 2 atom stereocenters. The van der Waals surface area contributed by atoms with Crippen LogP contribution in [0.2, 0.25) is 0 Å². The topological polar surface area (TPSA) is 59.0 Å². The Labute approximate surface area is 154 Å². The fourth-order valence-corrected chi connectivity index (χ4v) is 5.38. The predicted octanol–water partition coefficient (Wildman–Crippen LogP) is 3.28. The molecule has 2 fully saturated rings. The summed E-state index contributed by atoms with van der Waals surface area (Å²) in [6, 6.07) is 8.26. The first-order chi connectivity index (χ1) is 12.7. The third-order valence-electron chi connectivity index (χ3n) is 6.85. The second-order valence-corrected chi connectivity index (χ2v) is 8.57. The van der Waals surface area contributed by atoms with Crippen LogP contribution in [-0.4, -0.2) is 27.7 Å². The minimum Gasteiger partial charge on any atom is -0.366 e. The van der Waals surface area contributed by atoms with E-state index in [1.165, 1.54) is 44.9 Å². The quantitative estimate of drug-likeness (QED) is 0.871. The highest BCUT2D eigenvalue weighted by Crippen LogP contribution is 2.37. The van der Waals surface area contributed by atoms with Crippen molar-refractivity contribution in [2.24, 2.45) is 5.92 Å². The van der Waals surface area contributed by atoms with Crippen LogP contribution in [0.3, 0.4) is 0 Å². The summed E-state index contributed by atoms with van der Waals surface area (Å²) in [7, 11) is 0. The largest absolute Gasteiger partial charge is 0.366 e. The zero-order valence-corrected chi connectivity index (χ0v) is 15.3. The molecular weight excluding hydrogens is 324 g/mol. The number of rotatable bonds is 2. The van der Waals surface area contributed by atoms with Gasteiger partial charge in [0.25, 0.3) is 0 Å². The fourth-order valence-electron chi connectivity index (χ4n) is 5.38. The highest BCUT2D eigenvalue weighted by molar-refractivity contribution is 5.89. The molecule has 5 nitrogen and oxygen atoms in total. The molecule has 1 saturated carbocycles. The Hall–Kier alpha value is -1.88. The molecule has 0 amide bonds. The maximum atomic E-state index is 12.4. The van der Waals surface area contributed by atoms with Crippen molar-refractivity contribution >= 4 is 16.7 Å². The minimum atomic E-state index is -0.128. The average Bonchev–Trinajstić information content (AvgIpc) is 3.09. The van der Waals surface area contributed by atoms with E-state index in [1.54, 1.807) is 0 Å². The molecule has 5 heteroatoms. The van der Waals surface area contributed by atoms with Crippen molar-refractivity contribution in [3.63, 3.8) is 0 Å². The average molecular weight is 352 g/mol. The number of fused-ring (bicyclic) bond motifs is 3. The Morgan fingerprint density at radius 1 is 1.15 bits per heavy atom. The highest BCUT2D eigenvalue weighted by atomic mass is 16.1. The molecule has 2 unspecified atom stereocenters. The number of aromatic nitrogens is 2. The zero-order chi connectivity index (χ0) is 17.6. The number of piperidine rings is 1. The van der Waals surface area contributed by atoms with Crippen molar-refractivity contribution in [1.29, 1.82) is 0 Å². The van der Waals surface area contributed by atoms with Gasteiger partial charge in [0.2, 0.25) is 0 Å². The third kappa shape index (κ3) is 2.82. The monoisotopic (exact) mass is 352 g/mol. The zero-order valence-electron chi connectivity index (χ0n) is 15.3. The predicted molar refractivity (Wildman–Crippen MR) is 105 cm³/mol. The van der Waals surface area contributed by atoms with Gasteiger partial charge in [-0.3, -0.25) is 4.57 Å². The highest BCUT2D eigenvalue weighted by Gasteiger charge is 2.37. The van der Waals surface area contributed by atoms with Crippen LogP contribution in [0.5, 0.6) is 0 Å². The molecule has 1 saturated heterocycles. The van der Waals surface area contributed by atoms with E-state index in [1.807, 2.05) is 22.8 Å². The molecule has 0 bridgehead atoms. The Morgan fingerprint density at radius 2 is 2.00 bits per heavy atom. The number of hydrogen-bond acceptors (Lipinski definition) is 4. The van der Waals surface area contributed by atoms with Crippen LogP contribution in [0.4, 0.5) is 5.82 Å². The van der Waals surface area contributed by atoms with Gasteiger partial charge >= 0.3 is 5.69 Å². The van der Waals surface area contributed by atoms with E-state index in [9.17, 15) is 4.79 Å². The number of nitrogens with zero attached hydrogens (tertiary/aromatic N) is 2. The summed E-state index contributed by atoms with van der Waals surface area (Å²) in [4.78, 5) is 16.6. The van der Waals surface area contributed by atoms with Crippen LogP contribution in [0, 0.1) is 5.92 Å². The van der Waals surface area contributed by atoms with E-state index in [2.05, 4.69) is 21.7 Å². The smallest absolute Gasteiger partial charge is 0.349 e. The lowest BCUT2D eigenvalue weighted by atomic mass is 9.73. The van der Waals surface area contributed by atoms with Gasteiger partial charge in [-0.1, -0.05) is 31.4 Å². The number of para-hydroxylation sites is 1. The maximum Gasteiger partial charge on any atom is 0.349 e. The molecule has 3 aliphatic rings. The van der Waals surface area contributed by atoms with E-state index in [-0.39, 0.29) is 5.69 Å². The van der Waals surface area contributed by atoms with Gasteiger partial charge < -0.3 is 10.6 Å². The first kappa shape index (κ1) is 16.3. The summed E-state index contributed by atoms with van der Waals surface area (Å²) >= 11 is 0. The molecule has 3 heterocycles. The Kier molecular flexibility index (Phi) is 4.00. The SMILES string of the molecule is O=c1nc2ccccc2c2n1CC(CC1CCC3(CCCCC3)NC1)N2. The van der Waals surface area contributed by atoms with Crippen LogP contribution in [0.15, 0.2) is 29.1 Å². The molecule has 1 aliphatic carbocycles. The van der Waals surface area contributed by atoms with E-state index in [0.717, 1.165) is 36.2 Å². The molecule has 2 N–H and O–H groups in total. The molecule has 1 spiro atoms. The van der Waals surface area contributed by atoms with Crippen molar-refractivity contribution in [2.45, 2.75) is 69.5 Å². The first-order valence-corrected chi connectivity index (χ1v) is 10.2. The third-order valence-corrected chi connectivity index (χ3v) is 6.85. The second kappa shape index (κ2) is 6.38. The fraction of sp³-hybridized carbons (Fsp3) is 0.619. The Bertz CT molecular complexity index is 858. The van der Waals surface area contributed by atoms with Gasteiger partial charge in [-0.25, -0.2) is 4.79 Å². The van der Waals surface area contributed by atoms with Crippen molar-refractivity contribution in [1.82, 2.24) is 14.9 Å². The van der Waals surface area contributed by atoms with Crippen LogP contribution in [0.1, 0.15) is 51.4 Å². The first-order valence-electron chi connectivity index (χ1n) is 10.2. The summed E-state index contributed by atoms with van der Waals surface area (Å²) in [6.45, 7) is 1.87. The molecule has 0 radical (unpaired) electrons. The van der Waals surface area contributed by atoms with Crippen LogP contribution < -0.4 is 16.3 Å². The molecular formula is C21H28N4O. The lowest BCUT2D eigenvalue weighted by Crippen LogP contribution is -2.52. The molecule has 1 aromatic carbocycles. The van der Waals surface area contributed by atoms with Crippen molar-refractivity contribution in [3.05, 3.63) is 34.7 Å². The van der Waals surface area contributed by atoms with Crippen LogP contribution >= 0.6 is 0 Å². The number of hydrogen-bond donors (Lipinski definition) is 2. The van der Waals surface area contributed by atoms with Crippen molar-refractivity contribution < 1.29 is 0 Å². The molecule has 138 valence electrons. The molecule has 1 aromatic heterocycles. The summed E-state index contributed by atoms with van der Waals surface area (Å²) in [5.41, 5.74) is 1.10. The molecule has 2 aliphatic heterocycles. The number of anilines is 1. The van der Waals surface area contributed by atoms with Gasteiger partial charge in [0.05, 0.1) is 5.52 Å². The van der Waals surface area contributed by atoms with E-state index >= 15 is 0 Å². The van der Waals surface area contributed by atoms with Gasteiger partial charge in [0, 0.05) is 23.5 Å². The second-order valence-electron chi connectivity index (χ2n) is 8.57. The number of nitrogens with one attached hydrogen (secondary N) is 2. The van der Waals surface area contributed by atoms with Crippen LogP contribution in [-0.2, 0) is 6.54 Å². The van der Waals surface area contributed by atoms with Gasteiger partial charge in [-0.05, 0) is 56.7 Å². The van der Waals surface area contributed by atoms with E-state index in [0.29, 0.717) is 17.5 Å². The van der Waals surface area contributed by atoms with E-state index in [4.69, 9.17) is 0 Å². The molecule has 26 heavy (non-hydrogen) atoms. The van der Waals surface area contributed by atoms with Crippen LogP contribution in [0.25, 0.3) is 10.9 Å². The Balaban J connectivity index is 1.27. The maximum absolute atomic E-state index is 12.4. The van der Waals surface area contributed by atoms with Crippen molar-refractivity contribution in [3.8, 4) is 0 Å². The summed E-state index contributed by atoms with van der Waals surface area (Å²) in [5.74, 6) is 1.66. The summed E-state index contributed by atoms with van der Waals surface area (Å²) < 4.78 is 1.83. The van der Waals surface area contributed by atoms with Crippen molar-refractivity contribution in [2.75, 3.05) is 11.9 Å². The van der Waals surface area contributed by atoms with Gasteiger partial charge in [0.15, 0.2) is 0 Å². The summed E-state index contributed by atoms with van der Waals surface area (Å²) in [6.07, 6.45) is 10.7. The van der Waals surface area contributed by atoms with Gasteiger partial charge in [-0.15, -0.1) is 0 Å². The minimum absolute atomic E-state index is 0.128.